The van der Waals surface area contributed by atoms with Crippen LogP contribution in [-0.2, 0) is 4.74 Å². The van der Waals surface area contributed by atoms with E-state index in [4.69, 9.17) is 9.15 Å². The second-order valence-electron chi connectivity index (χ2n) is 13.8. The van der Waals surface area contributed by atoms with Crippen molar-refractivity contribution in [3.63, 3.8) is 0 Å². The average Bonchev–Trinajstić information content (AvgIpc) is 3.14. The van der Waals surface area contributed by atoms with E-state index in [-0.39, 0.29) is 5.97 Å². The summed E-state index contributed by atoms with van der Waals surface area (Å²) in [4.78, 5) is 16.0. The molecule has 5 nitrogen and oxygen atoms in total. The number of fused-ring (bicyclic) bond motifs is 2. The van der Waals surface area contributed by atoms with Gasteiger partial charge in [0.1, 0.15) is 24.4 Å². The summed E-state index contributed by atoms with van der Waals surface area (Å²) in [5.74, 6) is 0.558. The highest BCUT2D eigenvalue weighted by Gasteiger charge is 2.23. The van der Waals surface area contributed by atoms with Crippen LogP contribution < -0.4 is 14.8 Å². The van der Waals surface area contributed by atoms with E-state index in [1.54, 1.807) is 0 Å². The summed E-state index contributed by atoms with van der Waals surface area (Å²) in [5.41, 5.74) is 5.43. The molecule has 2 aliphatic rings. The van der Waals surface area contributed by atoms with Gasteiger partial charge >= 0.3 is 5.97 Å². The number of hydrogen-bond acceptors (Lipinski definition) is 4. The molecule has 1 heterocycles. The van der Waals surface area contributed by atoms with E-state index in [2.05, 4.69) is 86.6 Å². The normalized spacial score (nSPS) is 11.4. The van der Waals surface area contributed by atoms with E-state index in [1.165, 1.54) is 83.5 Å². The quantitative estimate of drug-likeness (QED) is 0.0338. The molecule has 0 saturated carbocycles. The van der Waals surface area contributed by atoms with Crippen LogP contribution in [0.3, 0.4) is 0 Å². The molecular formula is C45H65N2O3+. The lowest BCUT2D eigenvalue weighted by atomic mass is 9.90. The van der Waals surface area contributed by atoms with Crippen LogP contribution in [-0.4, -0.2) is 38.8 Å². The van der Waals surface area contributed by atoms with Gasteiger partial charge < -0.3 is 14.1 Å². The number of unbranched alkanes of at least 4 members (excludes halogenated alkanes) is 14. The second-order valence-corrected chi connectivity index (χ2v) is 13.8. The van der Waals surface area contributed by atoms with Crippen molar-refractivity contribution in [3.05, 3.63) is 71.6 Å². The van der Waals surface area contributed by atoms with Gasteiger partial charge in [-0.2, -0.15) is 0 Å². The van der Waals surface area contributed by atoms with Gasteiger partial charge in [-0.05, 0) is 63.9 Å². The Balaban J connectivity index is 1.41. The highest BCUT2D eigenvalue weighted by Crippen LogP contribution is 2.42. The fourth-order valence-corrected chi connectivity index (χ4v) is 7.32. The molecule has 4 rings (SSSR count). The van der Waals surface area contributed by atoms with Crippen molar-refractivity contribution in [2.75, 3.05) is 37.7 Å². The molecule has 0 bridgehead atoms. The summed E-state index contributed by atoms with van der Waals surface area (Å²) < 4.78 is 14.9. The van der Waals surface area contributed by atoms with Crippen LogP contribution in [0.15, 0.2) is 65.1 Å². The molecule has 0 aromatic heterocycles. The van der Waals surface area contributed by atoms with Gasteiger partial charge in [0.2, 0.25) is 5.36 Å². The van der Waals surface area contributed by atoms with Gasteiger partial charge in [-0.1, -0.05) is 115 Å². The summed E-state index contributed by atoms with van der Waals surface area (Å²) in [6.45, 7) is 15.1. The van der Waals surface area contributed by atoms with Crippen molar-refractivity contribution >= 4 is 22.6 Å². The number of rotatable bonds is 23. The maximum Gasteiger partial charge on any atom is 0.338 e. The topological polar surface area (TPSA) is 45.7 Å². The largest absolute Gasteiger partial charge is 0.462 e. The van der Waals surface area contributed by atoms with Crippen LogP contribution in [0.4, 0.5) is 5.69 Å². The first-order valence-electron chi connectivity index (χ1n) is 20.2. The number of carbonyl (C=O) groups is 1. The van der Waals surface area contributed by atoms with Crippen molar-refractivity contribution in [1.82, 2.24) is 4.58 Å². The minimum Gasteiger partial charge on any atom is -0.462 e. The highest BCUT2D eigenvalue weighted by atomic mass is 16.5. The molecule has 0 fully saturated rings. The standard InChI is InChI=1S/C45H65N2O3/c1-6-11-12-13-14-15-16-17-18-19-20-21-22-23-26-33-49-45(48)39-28-25-24-27-38(39)44-40-31-29-36(46(7-2)8-3)34-42(40)50-43-35-37(30-32-41(43)44)47(9-4)10-5/h24-25,27-32,34-35H,6-23,26,33H2,1-5H3/q+1. The van der Waals surface area contributed by atoms with Gasteiger partial charge in [0, 0.05) is 47.4 Å². The molecular weight excluding hydrogens is 617 g/mol. The molecule has 2 aromatic carbocycles. The number of esters is 1. The SMILES string of the molecule is CCCCCCCCCCCCCCCCCOC(=O)c1ccccc1-c1c2ccc(=[N+](CC)CC)cc-2oc2cc(N(CC)CC)ccc12. The lowest BCUT2D eigenvalue weighted by molar-refractivity contribution is 0.0498. The molecule has 5 heteroatoms. The number of carbonyl (C=O) groups excluding carboxylic acids is 1. The molecule has 0 unspecified atom stereocenters. The van der Waals surface area contributed by atoms with Crippen molar-refractivity contribution in [1.29, 1.82) is 0 Å². The minimum atomic E-state index is -0.257. The fourth-order valence-electron chi connectivity index (χ4n) is 7.32. The van der Waals surface area contributed by atoms with Crippen molar-refractivity contribution in [3.8, 4) is 22.5 Å². The molecule has 0 N–H and O–H groups in total. The Morgan fingerprint density at radius 1 is 0.660 bits per heavy atom. The Kier molecular flexibility index (Phi) is 16.9. The summed E-state index contributed by atoms with van der Waals surface area (Å²) in [7, 11) is 0. The maximum atomic E-state index is 13.6. The summed E-state index contributed by atoms with van der Waals surface area (Å²) in [6.07, 6.45) is 19.7. The Bertz CT molecular complexity index is 1630. The molecule has 50 heavy (non-hydrogen) atoms. The minimum absolute atomic E-state index is 0.257. The van der Waals surface area contributed by atoms with Gasteiger partial charge in [-0.3, -0.25) is 0 Å². The van der Waals surface area contributed by atoms with Crippen molar-refractivity contribution in [2.24, 2.45) is 0 Å². The number of anilines is 1. The molecule has 0 saturated heterocycles. The van der Waals surface area contributed by atoms with Gasteiger partial charge in [0.15, 0.2) is 0 Å². The van der Waals surface area contributed by atoms with Gasteiger partial charge in [0.25, 0.3) is 0 Å². The first-order chi connectivity index (χ1) is 24.6. The monoisotopic (exact) mass is 681 g/mol. The van der Waals surface area contributed by atoms with Crippen LogP contribution in [0, 0.1) is 0 Å². The van der Waals surface area contributed by atoms with E-state index in [9.17, 15) is 4.79 Å². The second kappa shape index (κ2) is 21.6. The molecule has 0 atom stereocenters. The number of hydrogen-bond donors (Lipinski definition) is 0. The third-order valence-electron chi connectivity index (χ3n) is 10.3. The van der Waals surface area contributed by atoms with Crippen LogP contribution in [0.1, 0.15) is 141 Å². The average molecular weight is 682 g/mol. The molecule has 1 aliphatic carbocycles. The van der Waals surface area contributed by atoms with E-state index < -0.39 is 0 Å². The first-order valence-corrected chi connectivity index (χ1v) is 20.2. The Morgan fingerprint density at radius 3 is 1.86 bits per heavy atom. The fraction of sp³-hybridized carbons (Fsp3) is 0.556. The highest BCUT2D eigenvalue weighted by molar-refractivity contribution is 6.08. The lowest BCUT2D eigenvalue weighted by Crippen LogP contribution is -2.29. The van der Waals surface area contributed by atoms with Crippen molar-refractivity contribution in [2.45, 2.75) is 131 Å². The Morgan fingerprint density at radius 2 is 1.26 bits per heavy atom. The van der Waals surface area contributed by atoms with Crippen LogP contribution in [0.25, 0.3) is 33.4 Å². The lowest BCUT2D eigenvalue weighted by Gasteiger charge is -2.22. The Labute approximate surface area is 303 Å². The van der Waals surface area contributed by atoms with Gasteiger partial charge in [-0.15, -0.1) is 0 Å². The molecule has 1 aliphatic heterocycles. The van der Waals surface area contributed by atoms with Crippen LogP contribution >= 0.6 is 0 Å². The third-order valence-corrected chi connectivity index (χ3v) is 10.3. The Hall–Kier alpha value is -3.60. The molecule has 0 spiro atoms. The van der Waals surface area contributed by atoms with Gasteiger partial charge in [0.05, 0.1) is 18.2 Å². The smallest absolute Gasteiger partial charge is 0.338 e. The summed E-state index contributed by atoms with van der Waals surface area (Å²) >= 11 is 0. The van der Waals surface area contributed by atoms with Crippen LogP contribution in [0.2, 0.25) is 0 Å². The maximum absolute atomic E-state index is 13.6. The zero-order valence-electron chi connectivity index (χ0n) is 32.0. The van der Waals surface area contributed by atoms with E-state index in [0.717, 1.165) is 83.5 Å². The molecule has 0 amide bonds. The number of nitrogens with zero attached hydrogens (tertiary/aromatic N) is 2. The molecule has 0 radical (unpaired) electrons. The first kappa shape index (κ1) is 39.2. The molecule has 2 aromatic rings. The number of benzene rings is 3. The summed E-state index contributed by atoms with van der Waals surface area (Å²) in [5, 5.41) is 2.12. The summed E-state index contributed by atoms with van der Waals surface area (Å²) in [6, 6.07) is 20.8. The molecule has 272 valence electrons. The van der Waals surface area contributed by atoms with Gasteiger partial charge in [-0.25, -0.2) is 9.37 Å². The van der Waals surface area contributed by atoms with E-state index >= 15 is 0 Å². The van der Waals surface area contributed by atoms with Crippen LogP contribution in [0.5, 0.6) is 0 Å². The third kappa shape index (κ3) is 10.9. The number of ether oxygens (including phenoxy) is 1. The predicted molar refractivity (Wildman–Crippen MR) is 213 cm³/mol. The van der Waals surface area contributed by atoms with Crippen molar-refractivity contribution < 1.29 is 13.9 Å². The van der Waals surface area contributed by atoms with E-state index in [1.807, 2.05) is 18.2 Å². The van der Waals surface area contributed by atoms with E-state index in [0.29, 0.717) is 12.2 Å². The predicted octanol–water partition coefficient (Wildman–Crippen LogP) is 11.9. The zero-order valence-corrected chi connectivity index (χ0v) is 32.0. The zero-order chi connectivity index (χ0) is 35.6.